The Kier molecular flexibility index (Phi) is 5.22. The maximum atomic E-state index is 11.9. The second-order valence-electron chi connectivity index (χ2n) is 4.89. The average Bonchev–Trinajstić information content (AvgIpc) is 2.57. The summed E-state index contributed by atoms with van der Waals surface area (Å²) in [5.74, 6) is -0.914. The molecule has 2 rings (SSSR count). The fourth-order valence-electron chi connectivity index (χ4n) is 2.14. The quantitative estimate of drug-likeness (QED) is 0.369. The number of carbonyl (C=O) groups excluding carboxylic acids is 1. The number of nitrogens with two attached hydrogens (primary N) is 1. The zero-order valence-corrected chi connectivity index (χ0v) is 14.0. The highest BCUT2D eigenvalue weighted by atomic mass is 32.2. The lowest BCUT2D eigenvalue weighted by Crippen LogP contribution is -2.10. The number of benzene rings is 2. The molecule has 0 radical (unpaired) electrons. The number of carbonyl (C=O) groups is 1. The van der Waals surface area contributed by atoms with Gasteiger partial charge in [-0.05, 0) is 24.6 Å². The van der Waals surface area contributed by atoms with Crippen molar-refractivity contribution >= 4 is 34.8 Å². The summed E-state index contributed by atoms with van der Waals surface area (Å²) in [6.07, 6.45) is 0. The van der Waals surface area contributed by atoms with Crippen molar-refractivity contribution in [3.05, 3.63) is 61.7 Å². The molecule has 0 aliphatic heterocycles. The van der Waals surface area contributed by atoms with E-state index in [0.717, 1.165) is 18.9 Å². The van der Waals surface area contributed by atoms with Crippen LogP contribution < -0.4 is 5.73 Å². The molecule has 10 heteroatoms. The third kappa shape index (κ3) is 3.53. The maximum Gasteiger partial charge on any atom is 0.345 e. The first kappa shape index (κ1) is 18.2. The number of ether oxygens (including phenoxy) is 1. The Morgan fingerprint density at radius 3 is 2.36 bits per heavy atom. The highest BCUT2D eigenvalue weighted by molar-refractivity contribution is 7.99. The van der Waals surface area contributed by atoms with Gasteiger partial charge in [-0.1, -0.05) is 23.9 Å². The van der Waals surface area contributed by atoms with Crippen LogP contribution >= 0.6 is 11.8 Å². The van der Waals surface area contributed by atoms with Gasteiger partial charge in [0.1, 0.15) is 11.3 Å². The minimum atomic E-state index is -0.914. The summed E-state index contributed by atoms with van der Waals surface area (Å²) in [7, 11) is 1.09. The Balaban J connectivity index is 2.64. The van der Waals surface area contributed by atoms with Crippen LogP contribution in [0, 0.1) is 27.2 Å². The average molecular weight is 363 g/mol. The van der Waals surface area contributed by atoms with E-state index in [1.54, 1.807) is 13.0 Å². The number of hydrogen-bond acceptors (Lipinski definition) is 8. The van der Waals surface area contributed by atoms with E-state index in [1.165, 1.54) is 24.3 Å². The van der Waals surface area contributed by atoms with Gasteiger partial charge in [0.05, 0.1) is 21.9 Å². The number of para-hydroxylation sites is 1. The van der Waals surface area contributed by atoms with E-state index >= 15 is 0 Å². The van der Waals surface area contributed by atoms with Crippen LogP contribution in [0.15, 0.2) is 40.1 Å². The Morgan fingerprint density at radius 1 is 1.16 bits per heavy atom. The van der Waals surface area contributed by atoms with Gasteiger partial charge in [0, 0.05) is 11.0 Å². The SMILES string of the molecule is COC(=O)c1cc(Sc2ccccc2[N+](=O)[O-])c(C)c(N)c1[N+](=O)[O-]. The van der Waals surface area contributed by atoms with Gasteiger partial charge in [-0.15, -0.1) is 0 Å². The number of rotatable bonds is 5. The van der Waals surface area contributed by atoms with Crippen LogP contribution in [0.25, 0.3) is 0 Å². The molecule has 0 amide bonds. The van der Waals surface area contributed by atoms with Crippen LogP contribution in [0.4, 0.5) is 17.1 Å². The molecule has 130 valence electrons. The Labute approximate surface area is 146 Å². The van der Waals surface area contributed by atoms with E-state index in [4.69, 9.17) is 5.73 Å². The summed E-state index contributed by atoms with van der Waals surface area (Å²) in [5, 5.41) is 22.4. The van der Waals surface area contributed by atoms with Gasteiger partial charge < -0.3 is 10.5 Å². The Hall–Kier alpha value is -3.14. The summed E-state index contributed by atoms with van der Waals surface area (Å²) in [5.41, 5.74) is 5.02. The number of methoxy groups -OCH3 is 1. The zero-order chi connectivity index (χ0) is 18.7. The minimum absolute atomic E-state index is 0.122. The fraction of sp³-hybridized carbons (Fsp3) is 0.133. The van der Waals surface area contributed by atoms with E-state index in [9.17, 15) is 25.0 Å². The summed E-state index contributed by atoms with van der Waals surface area (Å²) in [4.78, 5) is 33.7. The number of esters is 1. The standard InChI is InChI=1S/C15H13N3O6S/c1-8-12(25-11-6-4-3-5-10(11)17(20)21)7-9(15(19)24-2)14(13(8)16)18(22)23/h3-7H,16H2,1-2H3. The number of nitrogen functional groups attached to an aromatic ring is 1. The topological polar surface area (TPSA) is 139 Å². The van der Waals surface area contributed by atoms with E-state index in [1.807, 2.05) is 0 Å². The van der Waals surface area contributed by atoms with Crippen molar-refractivity contribution in [3.63, 3.8) is 0 Å². The van der Waals surface area contributed by atoms with Gasteiger partial charge in [0.2, 0.25) is 0 Å². The van der Waals surface area contributed by atoms with Crippen LogP contribution in [-0.2, 0) is 4.74 Å². The molecule has 0 saturated carbocycles. The number of anilines is 1. The van der Waals surface area contributed by atoms with Gasteiger partial charge in [-0.25, -0.2) is 4.79 Å². The molecule has 0 saturated heterocycles. The smallest absolute Gasteiger partial charge is 0.345 e. The highest BCUT2D eigenvalue weighted by Gasteiger charge is 2.28. The van der Waals surface area contributed by atoms with Gasteiger partial charge in [-0.3, -0.25) is 20.2 Å². The molecule has 0 bridgehead atoms. The largest absolute Gasteiger partial charge is 0.465 e. The van der Waals surface area contributed by atoms with Crippen molar-refractivity contribution in [1.82, 2.24) is 0 Å². The van der Waals surface area contributed by atoms with Crippen LogP contribution in [0.3, 0.4) is 0 Å². The van der Waals surface area contributed by atoms with Gasteiger partial charge in [0.15, 0.2) is 0 Å². The van der Waals surface area contributed by atoms with Crippen molar-refractivity contribution in [1.29, 1.82) is 0 Å². The molecular weight excluding hydrogens is 350 g/mol. The molecule has 0 atom stereocenters. The van der Waals surface area contributed by atoms with Gasteiger partial charge >= 0.3 is 11.7 Å². The predicted molar refractivity (Wildman–Crippen MR) is 90.8 cm³/mol. The first-order chi connectivity index (χ1) is 11.8. The molecule has 2 aromatic carbocycles. The molecular formula is C15H13N3O6S. The van der Waals surface area contributed by atoms with Gasteiger partial charge in [0.25, 0.3) is 5.69 Å². The second-order valence-corrected chi connectivity index (χ2v) is 5.97. The fourth-order valence-corrected chi connectivity index (χ4v) is 3.21. The molecule has 0 spiro atoms. The minimum Gasteiger partial charge on any atom is -0.465 e. The molecule has 0 heterocycles. The predicted octanol–water partition coefficient (Wildman–Crippen LogP) is 3.33. The Bertz CT molecular complexity index is 884. The maximum absolute atomic E-state index is 11.9. The van der Waals surface area contributed by atoms with E-state index in [0.29, 0.717) is 15.4 Å². The number of nitrogens with zero attached hydrogens (tertiary/aromatic N) is 2. The molecule has 0 aromatic heterocycles. The van der Waals surface area contributed by atoms with Gasteiger partial charge in [-0.2, -0.15) is 0 Å². The molecule has 25 heavy (non-hydrogen) atoms. The lowest BCUT2D eigenvalue weighted by atomic mass is 10.1. The van der Waals surface area contributed by atoms with Crippen molar-refractivity contribution in [3.8, 4) is 0 Å². The molecule has 0 unspecified atom stereocenters. The van der Waals surface area contributed by atoms with Crippen molar-refractivity contribution in [2.24, 2.45) is 0 Å². The third-order valence-electron chi connectivity index (χ3n) is 3.43. The van der Waals surface area contributed by atoms with Crippen LogP contribution in [0.2, 0.25) is 0 Å². The summed E-state index contributed by atoms with van der Waals surface area (Å²) >= 11 is 0.994. The molecule has 2 N–H and O–H groups in total. The lowest BCUT2D eigenvalue weighted by Gasteiger charge is -2.12. The van der Waals surface area contributed by atoms with Crippen molar-refractivity contribution in [2.45, 2.75) is 16.7 Å². The summed E-state index contributed by atoms with van der Waals surface area (Å²) in [6, 6.07) is 7.29. The van der Waals surface area contributed by atoms with E-state index in [2.05, 4.69) is 4.74 Å². The van der Waals surface area contributed by atoms with E-state index < -0.39 is 21.5 Å². The number of nitro benzene ring substituents is 2. The van der Waals surface area contributed by atoms with Crippen LogP contribution in [0.5, 0.6) is 0 Å². The molecule has 9 nitrogen and oxygen atoms in total. The van der Waals surface area contributed by atoms with Crippen molar-refractivity contribution < 1.29 is 19.4 Å². The molecule has 0 fully saturated rings. The van der Waals surface area contributed by atoms with Crippen molar-refractivity contribution in [2.75, 3.05) is 12.8 Å². The second kappa shape index (κ2) is 7.18. The monoisotopic (exact) mass is 363 g/mol. The third-order valence-corrected chi connectivity index (χ3v) is 4.64. The molecule has 2 aromatic rings. The van der Waals surface area contributed by atoms with Crippen LogP contribution in [0.1, 0.15) is 15.9 Å². The van der Waals surface area contributed by atoms with E-state index in [-0.39, 0.29) is 16.9 Å². The Morgan fingerprint density at radius 2 is 1.80 bits per heavy atom. The highest BCUT2D eigenvalue weighted by Crippen LogP contribution is 2.41. The number of nitro groups is 2. The first-order valence-corrected chi connectivity index (χ1v) is 7.66. The first-order valence-electron chi connectivity index (χ1n) is 6.85. The van der Waals surface area contributed by atoms with Crippen LogP contribution in [-0.4, -0.2) is 22.9 Å². The zero-order valence-electron chi connectivity index (χ0n) is 13.2. The normalized spacial score (nSPS) is 10.3. The molecule has 0 aliphatic carbocycles. The molecule has 0 aliphatic rings. The lowest BCUT2D eigenvalue weighted by molar-refractivity contribution is -0.387. The summed E-state index contributed by atoms with van der Waals surface area (Å²) < 4.78 is 4.57. The summed E-state index contributed by atoms with van der Waals surface area (Å²) in [6.45, 7) is 1.54. The number of hydrogen-bond donors (Lipinski definition) is 1.